The van der Waals surface area contributed by atoms with Crippen LogP contribution in [0.3, 0.4) is 0 Å². The molecular weight excluding hydrogens is 379 g/mol. The summed E-state index contributed by atoms with van der Waals surface area (Å²) in [6.07, 6.45) is -2.53. The molecule has 1 unspecified atom stereocenters. The van der Waals surface area contributed by atoms with Crippen LogP contribution in [0.5, 0.6) is 0 Å². The summed E-state index contributed by atoms with van der Waals surface area (Å²) in [5.41, 5.74) is 11.5. The molecule has 0 fully saturated rings. The maximum atomic E-state index is 12.3. The molecule has 0 spiro atoms. The van der Waals surface area contributed by atoms with Crippen LogP contribution in [0.4, 0.5) is 18.9 Å². The number of benzene rings is 2. The highest BCUT2D eigenvalue weighted by molar-refractivity contribution is 6.30. The summed E-state index contributed by atoms with van der Waals surface area (Å²) in [6, 6.07) is 14.6. The SMILES string of the molecule is CC1(N)C=C(c2cc(Cl)cc(COCC(F)(F)F)c2)N(c2ccccc2)N1. The number of nitrogens with zero attached hydrogens (tertiary/aromatic N) is 1. The van der Waals surface area contributed by atoms with Crippen LogP contribution in [-0.2, 0) is 11.3 Å². The van der Waals surface area contributed by atoms with Crippen molar-refractivity contribution in [3.05, 3.63) is 70.8 Å². The first-order chi connectivity index (χ1) is 12.6. The Hall–Kier alpha value is -2.06. The van der Waals surface area contributed by atoms with Crippen molar-refractivity contribution in [2.24, 2.45) is 5.73 Å². The molecule has 27 heavy (non-hydrogen) atoms. The van der Waals surface area contributed by atoms with Crippen molar-refractivity contribution >= 4 is 23.0 Å². The van der Waals surface area contributed by atoms with Crippen LogP contribution < -0.4 is 16.2 Å². The van der Waals surface area contributed by atoms with Crippen LogP contribution in [0, 0.1) is 0 Å². The van der Waals surface area contributed by atoms with Gasteiger partial charge < -0.3 is 10.5 Å². The Morgan fingerprint density at radius 2 is 1.89 bits per heavy atom. The summed E-state index contributed by atoms with van der Waals surface area (Å²) in [7, 11) is 0. The van der Waals surface area contributed by atoms with E-state index in [1.54, 1.807) is 18.2 Å². The number of anilines is 1. The van der Waals surface area contributed by atoms with E-state index in [1.807, 2.05) is 48.3 Å². The molecule has 0 amide bonds. The van der Waals surface area contributed by atoms with Crippen LogP contribution in [0.2, 0.25) is 5.02 Å². The van der Waals surface area contributed by atoms with Crippen LogP contribution in [0.25, 0.3) is 5.70 Å². The van der Waals surface area contributed by atoms with Gasteiger partial charge in [-0.05, 0) is 48.9 Å². The Morgan fingerprint density at radius 1 is 1.19 bits per heavy atom. The summed E-state index contributed by atoms with van der Waals surface area (Å²) in [6.45, 7) is 0.308. The summed E-state index contributed by atoms with van der Waals surface area (Å²) >= 11 is 6.19. The molecule has 0 saturated carbocycles. The predicted molar refractivity (Wildman–Crippen MR) is 99.8 cm³/mol. The fourth-order valence-electron chi connectivity index (χ4n) is 2.84. The van der Waals surface area contributed by atoms with Crippen LogP contribution in [-0.4, -0.2) is 18.4 Å². The summed E-state index contributed by atoms with van der Waals surface area (Å²) < 4.78 is 41.6. The van der Waals surface area contributed by atoms with Crippen LogP contribution in [0.1, 0.15) is 18.1 Å². The van der Waals surface area contributed by atoms with Crippen LogP contribution in [0.15, 0.2) is 54.6 Å². The van der Waals surface area contributed by atoms with Gasteiger partial charge >= 0.3 is 6.18 Å². The minimum absolute atomic E-state index is 0.195. The molecule has 4 nitrogen and oxygen atoms in total. The maximum Gasteiger partial charge on any atom is 0.411 e. The molecule has 2 aromatic rings. The second kappa shape index (κ2) is 7.52. The van der Waals surface area contributed by atoms with Crippen molar-refractivity contribution < 1.29 is 17.9 Å². The Kier molecular flexibility index (Phi) is 5.48. The molecule has 2 aromatic carbocycles. The lowest BCUT2D eigenvalue weighted by atomic mass is 10.1. The second-order valence-corrected chi connectivity index (χ2v) is 6.99. The number of hydrogen-bond acceptors (Lipinski definition) is 4. The molecule has 1 atom stereocenters. The second-order valence-electron chi connectivity index (χ2n) is 6.55. The molecule has 0 bridgehead atoms. The van der Waals surface area contributed by atoms with Gasteiger partial charge in [0.05, 0.1) is 18.0 Å². The first kappa shape index (κ1) is 19.7. The third kappa shape index (κ3) is 5.23. The van der Waals surface area contributed by atoms with Gasteiger partial charge in [0, 0.05) is 10.6 Å². The first-order valence-corrected chi connectivity index (χ1v) is 8.60. The number of hydrogen-bond donors (Lipinski definition) is 2. The first-order valence-electron chi connectivity index (χ1n) is 8.22. The van der Waals surface area contributed by atoms with Gasteiger partial charge in [-0.25, -0.2) is 5.43 Å². The van der Waals surface area contributed by atoms with Crippen molar-refractivity contribution in [1.82, 2.24) is 5.43 Å². The normalized spacial score (nSPS) is 20.1. The van der Waals surface area contributed by atoms with Gasteiger partial charge in [0.1, 0.15) is 12.3 Å². The maximum absolute atomic E-state index is 12.3. The summed E-state index contributed by atoms with van der Waals surface area (Å²) in [4.78, 5) is 0. The predicted octanol–water partition coefficient (Wildman–Crippen LogP) is 4.46. The van der Waals surface area contributed by atoms with Crippen LogP contribution >= 0.6 is 11.6 Å². The molecule has 0 aromatic heterocycles. The largest absolute Gasteiger partial charge is 0.411 e. The van der Waals surface area contributed by atoms with Gasteiger partial charge in [-0.1, -0.05) is 29.8 Å². The molecule has 3 N–H and O–H groups in total. The fourth-order valence-corrected chi connectivity index (χ4v) is 3.10. The van der Waals surface area contributed by atoms with E-state index in [2.05, 4.69) is 5.43 Å². The number of para-hydroxylation sites is 1. The van der Waals surface area contributed by atoms with E-state index in [4.69, 9.17) is 22.1 Å². The third-order valence-electron chi connectivity index (χ3n) is 3.83. The lowest BCUT2D eigenvalue weighted by Gasteiger charge is -2.26. The zero-order valence-electron chi connectivity index (χ0n) is 14.6. The van der Waals surface area contributed by atoms with E-state index in [-0.39, 0.29) is 6.61 Å². The van der Waals surface area contributed by atoms with E-state index in [1.165, 1.54) is 0 Å². The number of nitrogens with one attached hydrogen (secondary N) is 1. The van der Waals surface area contributed by atoms with E-state index >= 15 is 0 Å². The quantitative estimate of drug-likeness (QED) is 0.782. The van der Waals surface area contributed by atoms with E-state index in [0.29, 0.717) is 10.6 Å². The molecule has 0 radical (unpaired) electrons. The van der Waals surface area contributed by atoms with Gasteiger partial charge in [-0.15, -0.1) is 0 Å². The highest BCUT2D eigenvalue weighted by Gasteiger charge is 2.31. The Bertz CT molecular complexity index is 838. The molecule has 1 heterocycles. The zero-order chi connectivity index (χ0) is 19.7. The third-order valence-corrected chi connectivity index (χ3v) is 4.05. The minimum atomic E-state index is -4.37. The molecule has 144 valence electrons. The van der Waals surface area contributed by atoms with Gasteiger partial charge in [-0.3, -0.25) is 5.01 Å². The van der Waals surface area contributed by atoms with E-state index < -0.39 is 18.4 Å². The average Bonchev–Trinajstić information content (AvgIpc) is 2.90. The lowest BCUT2D eigenvalue weighted by Crippen LogP contribution is -2.51. The zero-order valence-corrected chi connectivity index (χ0v) is 15.3. The van der Waals surface area contributed by atoms with Crippen molar-refractivity contribution in [3.63, 3.8) is 0 Å². The van der Waals surface area contributed by atoms with Gasteiger partial charge in [0.2, 0.25) is 0 Å². The number of rotatable bonds is 5. The van der Waals surface area contributed by atoms with Crippen molar-refractivity contribution in [1.29, 1.82) is 0 Å². The van der Waals surface area contributed by atoms with Gasteiger partial charge in [0.15, 0.2) is 0 Å². The topological polar surface area (TPSA) is 50.5 Å². The minimum Gasteiger partial charge on any atom is -0.367 e. The fraction of sp³-hybridized carbons (Fsp3) is 0.263. The molecule has 0 aliphatic carbocycles. The van der Waals surface area contributed by atoms with E-state index in [0.717, 1.165) is 16.9 Å². The number of halogens is 4. The molecule has 3 rings (SSSR count). The molecule has 8 heteroatoms. The monoisotopic (exact) mass is 397 g/mol. The number of nitrogens with two attached hydrogens (primary N) is 1. The Balaban J connectivity index is 1.89. The number of alkyl halides is 3. The standard InChI is InChI=1S/C19H19ClF3N3O/c1-18(24)10-17(26(25-18)16-5-3-2-4-6-16)14-7-13(8-15(20)9-14)11-27-12-19(21,22)23/h2-10,25H,11-12,24H2,1H3. The van der Waals surface area contributed by atoms with Crippen molar-refractivity contribution in [2.75, 3.05) is 11.6 Å². The lowest BCUT2D eigenvalue weighted by molar-refractivity contribution is -0.176. The van der Waals surface area contributed by atoms with Gasteiger partial charge in [-0.2, -0.15) is 13.2 Å². The number of hydrazine groups is 1. The number of ether oxygens (including phenoxy) is 1. The molecule has 1 aliphatic heterocycles. The Morgan fingerprint density at radius 3 is 2.56 bits per heavy atom. The summed E-state index contributed by atoms with van der Waals surface area (Å²) in [5.74, 6) is 0. The molecule has 1 aliphatic rings. The summed E-state index contributed by atoms with van der Waals surface area (Å²) in [5, 5.41) is 2.23. The highest BCUT2D eigenvalue weighted by atomic mass is 35.5. The van der Waals surface area contributed by atoms with Crippen molar-refractivity contribution in [2.45, 2.75) is 25.4 Å². The van der Waals surface area contributed by atoms with Gasteiger partial charge in [0.25, 0.3) is 0 Å². The average molecular weight is 398 g/mol. The van der Waals surface area contributed by atoms with Crippen molar-refractivity contribution in [3.8, 4) is 0 Å². The highest BCUT2D eigenvalue weighted by Crippen LogP contribution is 2.33. The smallest absolute Gasteiger partial charge is 0.367 e. The molecule has 0 saturated heterocycles. The molecular formula is C19H19ClF3N3O. The van der Waals surface area contributed by atoms with E-state index in [9.17, 15) is 13.2 Å². The Labute approximate surface area is 160 Å².